The molecule has 0 radical (unpaired) electrons. The Morgan fingerprint density at radius 1 is 1.17 bits per heavy atom. The first-order valence-corrected chi connectivity index (χ1v) is 6.98. The molecule has 2 N–H and O–H groups in total. The Kier molecular flexibility index (Phi) is 4.04. The molecule has 1 saturated carbocycles. The predicted molar refractivity (Wildman–Crippen MR) is 76.1 cm³/mol. The van der Waals surface area contributed by atoms with Crippen LogP contribution < -0.4 is 10.6 Å². The summed E-state index contributed by atoms with van der Waals surface area (Å²) in [6, 6.07) is 0. The van der Waals surface area contributed by atoms with Crippen LogP contribution in [0.4, 0.5) is 11.6 Å². The summed E-state index contributed by atoms with van der Waals surface area (Å²) in [7, 11) is 1.91. The summed E-state index contributed by atoms with van der Waals surface area (Å²) in [5.41, 5.74) is 1.38. The molecule has 1 aliphatic rings. The summed E-state index contributed by atoms with van der Waals surface area (Å²) in [4.78, 5) is 8.72. The second-order valence-corrected chi connectivity index (χ2v) is 5.40. The Labute approximate surface area is 110 Å². The predicted octanol–water partition coefficient (Wildman–Crippen LogP) is 3.22. The number of rotatable bonds is 4. The molecule has 1 aromatic rings. The van der Waals surface area contributed by atoms with Gasteiger partial charge in [0, 0.05) is 18.2 Å². The first kappa shape index (κ1) is 13.1. The van der Waals surface area contributed by atoms with Gasteiger partial charge in [-0.05, 0) is 26.2 Å². The quantitative estimate of drug-likeness (QED) is 0.859. The fourth-order valence-electron chi connectivity index (χ4n) is 2.81. The zero-order valence-corrected chi connectivity index (χ0v) is 11.7. The zero-order chi connectivity index (χ0) is 13.0. The van der Waals surface area contributed by atoms with Crippen molar-refractivity contribution in [3.63, 3.8) is 0 Å². The highest BCUT2D eigenvalue weighted by Gasteiger charge is 2.27. The Morgan fingerprint density at radius 2 is 1.83 bits per heavy atom. The maximum Gasteiger partial charge on any atom is 0.135 e. The van der Waals surface area contributed by atoms with E-state index in [2.05, 4.69) is 34.4 Å². The number of hydrogen-bond acceptors (Lipinski definition) is 4. The van der Waals surface area contributed by atoms with Gasteiger partial charge in [-0.3, -0.25) is 0 Å². The van der Waals surface area contributed by atoms with Crippen molar-refractivity contribution in [2.75, 3.05) is 17.7 Å². The molecular formula is C14H24N4. The highest BCUT2D eigenvalue weighted by molar-refractivity contribution is 5.58. The summed E-state index contributed by atoms with van der Waals surface area (Å²) >= 11 is 0. The van der Waals surface area contributed by atoms with Crippen molar-refractivity contribution < 1.29 is 0 Å². The summed E-state index contributed by atoms with van der Waals surface area (Å²) in [6.07, 6.45) is 9.03. The lowest BCUT2D eigenvalue weighted by Crippen LogP contribution is -2.37. The molecule has 0 bridgehead atoms. The summed E-state index contributed by atoms with van der Waals surface area (Å²) in [5, 5.41) is 6.81. The standard InChI is InChI=1S/C14H24N4/c1-4-11-12(15-3)16-10-17-13(11)18-14(2)8-6-5-7-9-14/h10H,4-9H2,1-3H3,(H2,15,16,17,18). The smallest absolute Gasteiger partial charge is 0.135 e. The number of anilines is 2. The third-order valence-electron chi connectivity index (χ3n) is 3.91. The first-order chi connectivity index (χ1) is 8.68. The molecule has 0 aromatic carbocycles. The van der Waals surface area contributed by atoms with Gasteiger partial charge in [0.1, 0.15) is 18.0 Å². The molecule has 0 aliphatic heterocycles. The van der Waals surface area contributed by atoms with Crippen LogP contribution in [-0.2, 0) is 6.42 Å². The SMILES string of the molecule is CCc1c(NC)ncnc1NC1(C)CCCCC1. The van der Waals surface area contributed by atoms with E-state index in [0.29, 0.717) is 0 Å². The maximum absolute atomic E-state index is 4.44. The van der Waals surface area contributed by atoms with E-state index >= 15 is 0 Å². The summed E-state index contributed by atoms with van der Waals surface area (Å²) in [5.74, 6) is 1.94. The molecule has 0 atom stereocenters. The highest BCUT2D eigenvalue weighted by Crippen LogP contribution is 2.32. The third kappa shape index (κ3) is 2.74. The van der Waals surface area contributed by atoms with Crippen LogP contribution in [-0.4, -0.2) is 22.6 Å². The monoisotopic (exact) mass is 248 g/mol. The Morgan fingerprint density at radius 3 is 2.44 bits per heavy atom. The van der Waals surface area contributed by atoms with Crippen molar-refractivity contribution in [1.82, 2.24) is 9.97 Å². The molecule has 18 heavy (non-hydrogen) atoms. The maximum atomic E-state index is 4.44. The number of aromatic nitrogens is 2. The van der Waals surface area contributed by atoms with E-state index in [9.17, 15) is 0 Å². The highest BCUT2D eigenvalue weighted by atomic mass is 15.1. The Balaban J connectivity index is 2.22. The van der Waals surface area contributed by atoms with Crippen LogP contribution in [0.3, 0.4) is 0 Å². The van der Waals surface area contributed by atoms with Crippen LogP contribution in [0, 0.1) is 0 Å². The van der Waals surface area contributed by atoms with E-state index in [-0.39, 0.29) is 5.54 Å². The topological polar surface area (TPSA) is 49.8 Å². The van der Waals surface area contributed by atoms with Gasteiger partial charge in [-0.2, -0.15) is 0 Å². The number of hydrogen-bond donors (Lipinski definition) is 2. The minimum Gasteiger partial charge on any atom is -0.373 e. The average molecular weight is 248 g/mol. The van der Waals surface area contributed by atoms with E-state index in [1.54, 1.807) is 6.33 Å². The Bertz CT molecular complexity index is 397. The average Bonchev–Trinajstić information content (AvgIpc) is 2.38. The molecule has 4 nitrogen and oxygen atoms in total. The lowest BCUT2D eigenvalue weighted by atomic mass is 9.83. The number of nitrogens with zero attached hydrogens (tertiary/aromatic N) is 2. The molecule has 1 aliphatic carbocycles. The minimum atomic E-state index is 0.196. The van der Waals surface area contributed by atoms with Crippen LogP contribution in [0.5, 0.6) is 0 Å². The lowest BCUT2D eigenvalue weighted by molar-refractivity contribution is 0.348. The minimum absolute atomic E-state index is 0.196. The van der Waals surface area contributed by atoms with Gasteiger partial charge in [0.05, 0.1) is 0 Å². The molecule has 0 saturated heterocycles. The summed E-state index contributed by atoms with van der Waals surface area (Å²) < 4.78 is 0. The van der Waals surface area contributed by atoms with E-state index < -0.39 is 0 Å². The third-order valence-corrected chi connectivity index (χ3v) is 3.91. The molecule has 4 heteroatoms. The molecule has 1 aromatic heterocycles. The summed E-state index contributed by atoms with van der Waals surface area (Å²) in [6.45, 7) is 4.46. The lowest BCUT2D eigenvalue weighted by Gasteiger charge is -2.35. The van der Waals surface area contributed by atoms with Crippen molar-refractivity contribution in [3.8, 4) is 0 Å². The molecule has 1 heterocycles. The second-order valence-electron chi connectivity index (χ2n) is 5.40. The van der Waals surface area contributed by atoms with Gasteiger partial charge >= 0.3 is 0 Å². The largest absolute Gasteiger partial charge is 0.373 e. The van der Waals surface area contributed by atoms with Crippen molar-refractivity contribution in [2.45, 2.75) is 57.9 Å². The molecule has 0 spiro atoms. The normalized spacial score (nSPS) is 18.4. The van der Waals surface area contributed by atoms with E-state index in [1.165, 1.54) is 37.7 Å². The molecular weight excluding hydrogens is 224 g/mol. The fraction of sp³-hybridized carbons (Fsp3) is 0.714. The van der Waals surface area contributed by atoms with Crippen LogP contribution in [0.25, 0.3) is 0 Å². The molecule has 0 unspecified atom stereocenters. The zero-order valence-electron chi connectivity index (χ0n) is 11.7. The number of nitrogens with one attached hydrogen (secondary N) is 2. The van der Waals surface area contributed by atoms with Crippen LogP contribution in [0.2, 0.25) is 0 Å². The van der Waals surface area contributed by atoms with Crippen LogP contribution in [0.1, 0.15) is 51.5 Å². The van der Waals surface area contributed by atoms with Crippen LogP contribution in [0.15, 0.2) is 6.33 Å². The van der Waals surface area contributed by atoms with E-state index in [1.807, 2.05) is 7.05 Å². The fourth-order valence-corrected chi connectivity index (χ4v) is 2.81. The van der Waals surface area contributed by atoms with Gasteiger partial charge in [-0.1, -0.05) is 26.2 Å². The van der Waals surface area contributed by atoms with Gasteiger partial charge in [0.15, 0.2) is 0 Å². The van der Waals surface area contributed by atoms with Crippen molar-refractivity contribution in [1.29, 1.82) is 0 Å². The van der Waals surface area contributed by atoms with Crippen molar-refractivity contribution in [3.05, 3.63) is 11.9 Å². The molecule has 100 valence electrons. The van der Waals surface area contributed by atoms with Gasteiger partial charge in [-0.15, -0.1) is 0 Å². The van der Waals surface area contributed by atoms with Gasteiger partial charge in [-0.25, -0.2) is 9.97 Å². The Hall–Kier alpha value is -1.32. The molecule has 2 rings (SSSR count). The van der Waals surface area contributed by atoms with Gasteiger partial charge in [0.2, 0.25) is 0 Å². The molecule has 0 amide bonds. The van der Waals surface area contributed by atoms with Gasteiger partial charge < -0.3 is 10.6 Å². The van der Waals surface area contributed by atoms with Crippen molar-refractivity contribution >= 4 is 11.6 Å². The second kappa shape index (κ2) is 5.55. The van der Waals surface area contributed by atoms with E-state index in [0.717, 1.165) is 18.1 Å². The first-order valence-electron chi connectivity index (χ1n) is 6.98. The van der Waals surface area contributed by atoms with E-state index in [4.69, 9.17) is 0 Å². The molecule has 1 fully saturated rings. The van der Waals surface area contributed by atoms with Crippen molar-refractivity contribution in [2.24, 2.45) is 0 Å². The van der Waals surface area contributed by atoms with Gasteiger partial charge in [0.25, 0.3) is 0 Å². The van der Waals surface area contributed by atoms with Crippen LogP contribution >= 0.6 is 0 Å².